The van der Waals surface area contributed by atoms with Gasteiger partial charge in [-0.1, -0.05) is 12.1 Å². The number of hydrogen-bond acceptors (Lipinski definition) is 5. The van der Waals surface area contributed by atoms with Gasteiger partial charge in [0.2, 0.25) is 5.95 Å². The number of carbonyl (C=O) groups is 1. The summed E-state index contributed by atoms with van der Waals surface area (Å²) in [7, 11) is 0. The maximum atomic E-state index is 13.4. The first-order valence-electron chi connectivity index (χ1n) is 9.77. The van der Waals surface area contributed by atoms with Crippen LogP contribution >= 0.6 is 0 Å². The van der Waals surface area contributed by atoms with E-state index < -0.39 is 5.95 Å². The van der Waals surface area contributed by atoms with Gasteiger partial charge in [-0.05, 0) is 36.8 Å². The van der Waals surface area contributed by atoms with Gasteiger partial charge in [-0.2, -0.15) is 4.39 Å². The van der Waals surface area contributed by atoms with E-state index in [4.69, 9.17) is 4.42 Å². The Bertz CT molecular complexity index is 1210. The summed E-state index contributed by atoms with van der Waals surface area (Å²) in [4.78, 5) is 22.8. The van der Waals surface area contributed by atoms with Crippen LogP contribution in [-0.4, -0.2) is 35.0 Å². The van der Waals surface area contributed by atoms with E-state index in [2.05, 4.69) is 20.2 Å². The van der Waals surface area contributed by atoms with E-state index in [1.165, 1.54) is 12.3 Å². The summed E-state index contributed by atoms with van der Waals surface area (Å²) in [5, 5.41) is 4.01. The smallest absolute Gasteiger partial charge is 0.251 e. The van der Waals surface area contributed by atoms with Gasteiger partial charge in [-0.15, -0.1) is 0 Å². The van der Waals surface area contributed by atoms with Gasteiger partial charge in [-0.3, -0.25) is 9.78 Å². The Hall–Kier alpha value is -3.74. The number of nitrogens with one attached hydrogen (secondary N) is 1. The second kappa shape index (κ2) is 7.59. The van der Waals surface area contributed by atoms with Crippen LogP contribution in [0.1, 0.15) is 16.8 Å². The van der Waals surface area contributed by atoms with Crippen molar-refractivity contribution in [2.75, 3.05) is 18.0 Å². The first kappa shape index (κ1) is 18.3. The van der Waals surface area contributed by atoms with Crippen LogP contribution in [0.25, 0.3) is 22.2 Å². The molecule has 0 saturated carbocycles. The molecule has 1 amide bonds. The van der Waals surface area contributed by atoms with Gasteiger partial charge >= 0.3 is 0 Å². The first-order valence-corrected chi connectivity index (χ1v) is 9.77. The molecule has 1 aromatic carbocycles. The van der Waals surface area contributed by atoms with Crippen molar-refractivity contribution < 1.29 is 13.6 Å². The average Bonchev–Trinajstić information content (AvgIpc) is 3.43. The molecule has 0 radical (unpaired) electrons. The van der Waals surface area contributed by atoms with Crippen LogP contribution < -0.4 is 10.2 Å². The number of aromatic nitrogens is 2. The normalized spacial score (nSPS) is 16.2. The molecule has 4 heterocycles. The highest BCUT2D eigenvalue weighted by Gasteiger charge is 2.25. The number of pyridine rings is 2. The fraction of sp³-hybridized carbons (Fsp3) is 0.174. The Labute approximate surface area is 172 Å². The Morgan fingerprint density at radius 2 is 1.93 bits per heavy atom. The highest BCUT2D eigenvalue weighted by atomic mass is 19.1. The average molecular weight is 402 g/mol. The molecule has 30 heavy (non-hydrogen) atoms. The van der Waals surface area contributed by atoms with E-state index in [9.17, 15) is 9.18 Å². The van der Waals surface area contributed by atoms with Crippen molar-refractivity contribution in [3.05, 3.63) is 78.7 Å². The van der Waals surface area contributed by atoms with E-state index >= 15 is 0 Å². The maximum Gasteiger partial charge on any atom is 0.251 e. The van der Waals surface area contributed by atoms with Crippen LogP contribution in [0.3, 0.4) is 0 Å². The molecule has 1 fully saturated rings. The predicted molar refractivity (Wildman–Crippen MR) is 112 cm³/mol. The summed E-state index contributed by atoms with van der Waals surface area (Å²) in [6.45, 7) is 1.40. The SMILES string of the molecule is O=C(NC1CCN(c2ccnc(F)c2)C1)c1ccc(-c2nccc3occc23)cc1. The second-order valence-corrected chi connectivity index (χ2v) is 7.31. The van der Waals surface area contributed by atoms with E-state index in [0.717, 1.165) is 40.9 Å². The van der Waals surface area contributed by atoms with Crippen LogP contribution in [0.4, 0.5) is 10.1 Å². The summed E-state index contributed by atoms with van der Waals surface area (Å²) in [5.41, 5.74) is 3.90. The molecule has 0 bridgehead atoms. The van der Waals surface area contributed by atoms with Gasteiger partial charge in [0.25, 0.3) is 5.91 Å². The summed E-state index contributed by atoms with van der Waals surface area (Å²) in [6.07, 6.45) is 5.61. The molecule has 1 aliphatic heterocycles. The summed E-state index contributed by atoms with van der Waals surface area (Å²) in [5.74, 6) is -0.621. The Kier molecular flexibility index (Phi) is 4.63. The lowest BCUT2D eigenvalue weighted by molar-refractivity contribution is 0.0940. The van der Waals surface area contributed by atoms with E-state index in [1.54, 1.807) is 30.7 Å². The number of anilines is 1. The molecule has 0 aliphatic carbocycles. The highest BCUT2D eigenvalue weighted by molar-refractivity contribution is 5.96. The van der Waals surface area contributed by atoms with Crippen LogP contribution in [0.2, 0.25) is 0 Å². The lowest BCUT2D eigenvalue weighted by Crippen LogP contribution is -2.37. The van der Waals surface area contributed by atoms with Crippen molar-refractivity contribution in [3.63, 3.8) is 0 Å². The molecule has 1 N–H and O–H groups in total. The Morgan fingerprint density at radius 3 is 2.77 bits per heavy atom. The molecule has 150 valence electrons. The molecule has 1 atom stereocenters. The van der Waals surface area contributed by atoms with Gasteiger partial charge in [0.15, 0.2) is 0 Å². The topological polar surface area (TPSA) is 71.3 Å². The summed E-state index contributed by atoms with van der Waals surface area (Å²) >= 11 is 0. The van der Waals surface area contributed by atoms with Crippen LogP contribution in [0, 0.1) is 5.95 Å². The van der Waals surface area contributed by atoms with Crippen molar-refractivity contribution >= 4 is 22.6 Å². The van der Waals surface area contributed by atoms with Gasteiger partial charge in [-0.25, -0.2) is 4.98 Å². The lowest BCUT2D eigenvalue weighted by atomic mass is 10.1. The summed E-state index contributed by atoms with van der Waals surface area (Å²) in [6, 6.07) is 14.3. The lowest BCUT2D eigenvalue weighted by Gasteiger charge is -2.19. The van der Waals surface area contributed by atoms with E-state index in [0.29, 0.717) is 12.1 Å². The Morgan fingerprint density at radius 1 is 1.10 bits per heavy atom. The van der Waals surface area contributed by atoms with Gasteiger partial charge in [0.05, 0.1) is 12.0 Å². The third-order valence-electron chi connectivity index (χ3n) is 5.40. The van der Waals surface area contributed by atoms with Crippen molar-refractivity contribution in [1.82, 2.24) is 15.3 Å². The van der Waals surface area contributed by atoms with Gasteiger partial charge < -0.3 is 14.6 Å². The fourth-order valence-corrected chi connectivity index (χ4v) is 3.87. The zero-order chi connectivity index (χ0) is 20.5. The maximum absolute atomic E-state index is 13.4. The molecule has 5 rings (SSSR count). The number of rotatable bonds is 4. The molecule has 4 aromatic rings. The van der Waals surface area contributed by atoms with Gasteiger partial charge in [0, 0.05) is 59.8 Å². The van der Waals surface area contributed by atoms with Crippen LogP contribution in [-0.2, 0) is 0 Å². The predicted octanol–water partition coefficient (Wildman–Crippen LogP) is 4.04. The molecular formula is C23H19FN4O2. The molecular weight excluding hydrogens is 383 g/mol. The molecule has 1 aliphatic rings. The molecule has 0 spiro atoms. The third-order valence-corrected chi connectivity index (χ3v) is 5.40. The van der Waals surface area contributed by atoms with E-state index in [1.807, 2.05) is 24.3 Å². The zero-order valence-corrected chi connectivity index (χ0v) is 16.1. The molecule has 1 unspecified atom stereocenters. The quantitative estimate of drug-likeness (QED) is 0.522. The number of hydrogen-bond donors (Lipinski definition) is 1. The van der Waals surface area contributed by atoms with Gasteiger partial charge in [0.1, 0.15) is 5.58 Å². The molecule has 7 heteroatoms. The number of fused-ring (bicyclic) bond motifs is 1. The molecule has 6 nitrogen and oxygen atoms in total. The van der Waals surface area contributed by atoms with Crippen molar-refractivity contribution in [2.45, 2.75) is 12.5 Å². The fourth-order valence-electron chi connectivity index (χ4n) is 3.87. The number of benzene rings is 1. The minimum atomic E-state index is -0.499. The summed E-state index contributed by atoms with van der Waals surface area (Å²) < 4.78 is 18.8. The second-order valence-electron chi connectivity index (χ2n) is 7.31. The van der Waals surface area contributed by atoms with Crippen LogP contribution in [0.15, 0.2) is 71.6 Å². The van der Waals surface area contributed by atoms with Crippen molar-refractivity contribution in [1.29, 1.82) is 0 Å². The third kappa shape index (κ3) is 3.50. The number of amides is 1. The van der Waals surface area contributed by atoms with Crippen molar-refractivity contribution in [3.8, 4) is 11.3 Å². The standard InChI is InChI=1S/C23H19FN4O2/c24-21-13-18(5-9-25-21)28-11-7-17(14-28)27-23(29)16-3-1-15(2-4-16)22-19-8-12-30-20(19)6-10-26-22/h1-6,8-10,12-13,17H,7,11,14H2,(H,27,29). The largest absolute Gasteiger partial charge is 0.464 e. The Balaban J connectivity index is 1.26. The zero-order valence-electron chi connectivity index (χ0n) is 16.1. The van der Waals surface area contributed by atoms with Crippen molar-refractivity contribution in [2.24, 2.45) is 0 Å². The van der Waals surface area contributed by atoms with Crippen LogP contribution in [0.5, 0.6) is 0 Å². The molecule has 3 aromatic heterocycles. The highest BCUT2D eigenvalue weighted by Crippen LogP contribution is 2.27. The minimum Gasteiger partial charge on any atom is -0.464 e. The number of nitrogens with zero attached hydrogens (tertiary/aromatic N) is 3. The first-order chi connectivity index (χ1) is 14.7. The number of furan rings is 1. The monoisotopic (exact) mass is 402 g/mol. The minimum absolute atomic E-state index is 0.00903. The molecule has 1 saturated heterocycles. The number of carbonyl (C=O) groups excluding carboxylic acids is 1. The number of halogens is 1. The van der Waals surface area contributed by atoms with E-state index in [-0.39, 0.29) is 11.9 Å².